The molecule has 2 N–H and O–H groups in total. The van der Waals surface area contributed by atoms with Gasteiger partial charge in [-0.25, -0.2) is 0 Å². The Morgan fingerprint density at radius 3 is 2.61 bits per heavy atom. The summed E-state index contributed by atoms with van der Waals surface area (Å²) in [6.45, 7) is 0. The number of H-pyrrole nitrogens is 1. The number of aromatic nitrogens is 1. The van der Waals surface area contributed by atoms with Crippen LogP contribution in [0.25, 0.3) is 10.9 Å². The van der Waals surface area contributed by atoms with Gasteiger partial charge in [-0.3, -0.25) is 4.79 Å². The van der Waals surface area contributed by atoms with Crippen LogP contribution in [0, 0.1) is 0 Å². The SMILES string of the molecule is COc1ccc2[nH]c(C(=O)Nc3ccc(OC)c(Cl)c3)cc2c1. The minimum atomic E-state index is -0.249. The lowest BCUT2D eigenvalue weighted by Gasteiger charge is -2.07. The molecule has 2 aromatic carbocycles. The Balaban J connectivity index is 1.84. The highest BCUT2D eigenvalue weighted by Crippen LogP contribution is 2.28. The molecule has 0 saturated heterocycles. The van der Waals surface area contributed by atoms with E-state index >= 15 is 0 Å². The molecule has 6 heteroatoms. The topological polar surface area (TPSA) is 63.4 Å². The first-order valence-electron chi connectivity index (χ1n) is 6.92. The molecule has 3 rings (SSSR count). The van der Waals surface area contributed by atoms with Crippen molar-refractivity contribution in [2.75, 3.05) is 19.5 Å². The third-order valence-electron chi connectivity index (χ3n) is 3.48. The number of nitrogens with one attached hydrogen (secondary N) is 2. The molecule has 0 atom stereocenters. The zero-order chi connectivity index (χ0) is 16.4. The van der Waals surface area contributed by atoms with E-state index in [-0.39, 0.29) is 5.91 Å². The average molecular weight is 331 g/mol. The molecule has 0 bridgehead atoms. The largest absolute Gasteiger partial charge is 0.497 e. The monoisotopic (exact) mass is 330 g/mol. The molecule has 0 radical (unpaired) electrons. The van der Waals surface area contributed by atoms with Gasteiger partial charge in [-0.2, -0.15) is 0 Å². The molecular weight excluding hydrogens is 316 g/mol. The van der Waals surface area contributed by atoms with E-state index < -0.39 is 0 Å². The van der Waals surface area contributed by atoms with Crippen molar-refractivity contribution in [2.45, 2.75) is 0 Å². The van der Waals surface area contributed by atoms with Crippen molar-refractivity contribution in [3.63, 3.8) is 0 Å². The molecule has 0 unspecified atom stereocenters. The van der Waals surface area contributed by atoms with Crippen molar-refractivity contribution < 1.29 is 14.3 Å². The Bertz CT molecular complexity index is 873. The summed E-state index contributed by atoms with van der Waals surface area (Å²) in [7, 11) is 3.15. The number of carbonyl (C=O) groups excluding carboxylic acids is 1. The summed E-state index contributed by atoms with van der Waals surface area (Å²) in [6.07, 6.45) is 0. The van der Waals surface area contributed by atoms with Crippen LogP contribution in [0.2, 0.25) is 5.02 Å². The van der Waals surface area contributed by atoms with Crippen molar-refractivity contribution in [3.8, 4) is 11.5 Å². The second kappa shape index (κ2) is 6.22. The smallest absolute Gasteiger partial charge is 0.272 e. The van der Waals surface area contributed by atoms with E-state index in [9.17, 15) is 4.79 Å². The predicted molar refractivity (Wildman–Crippen MR) is 90.8 cm³/mol. The molecule has 0 aliphatic rings. The van der Waals surface area contributed by atoms with Crippen molar-refractivity contribution in [1.82, 2.24) is 4.98 Å². The number of rotatable bonds is 4. The van der Waals surface area contributed by atoms with E-state index in [1.165, 1.54) is 7.11 Å². The zero-order valence-corrected chi connectivity index (χ0v) is 13.4. The minimum absolute atomic E-state index is 0.249. The first-order valence-corrected chi connectivity index (χ1v) is 7.30. The summed E-state index contributed by atoms with van der Waals surface area (Å²) in [6, 6.07) is 12.4. The third kappa shape index (κ3) is 3.10. The Morgan fingerprint density at radius 1 is 1.09 bits per heavy atom. The number of halogens is 1. The number of anilines is 1. The van der Waals surface area contributed by atoms with Crippen LogP contribution in [0.15, 0.2) is 42.5 Å². The number of benzene rings is 2. The Kier molecular flexibility index (Phi) is 4.12. The molecule has 1 aromatic heterocycles. The second-order valence-corrected chi connectivity index (χ2v) is 5.35. The van der Waals surface area contributed by atoms with Crippen LogP contribution in [0.1, 0.15) is 10.5 Å². The molecule has 23 heavy (non-hydrogen) atoms. The van der Waals surface area contributed by atoms with Gasteiger partial charge in [0.2, 0.25) is 0 Å². The third-order valence-corrected chi connectivity index (χ3v) is 3.78. The van der Waals surface area contributed by atoms with E-state index in [0.29, 0.717) is 22.2 Å². The highest BCUT2D eigenvalue weighted by Gasteiger charge is 2.11. The number of carbonyl (C=O) groups is 1. The van der Waals surface area contributed by atoms with E-state index in [0.717, 1.165) is 16.7 Å². The lowest BCUT2D eigenvalue weighted by molar-refractivity contribution is 0.102. The van der Waals surface area contributed by atoms with Crippen LogP contribution in [-0.4, -0.2) is 25.1 Å². The zero-order valence-electron chi connectivity index (χ0n) is 12.6. The van der Waals surface area contributed by atoms with Gasteiger partial charge in [0.15, 0.2) is 0 Å². The lowest BCUT2D eigenvalue weighted by Crippen LogP contribution is -2.12. The molecule has 118 valence electrons. The van der Waals surface area contributed by atoms with E-state index in [1.807, 2.05) is 18.2 Å². The Labute approximate surface area is 138 Å². The van der Waals surface area contributed by atoms with Gasteiger partial charge in [-0.1, -0.05) is 11.6 Å². The number of hydrogen-bond acceptors (Lipinski definition) is 3. The van der Waals surface area contributed by atoms with Gasteiger partial charge in [0.25, 0.3) is 5.91 Å². The second-order valence-electron chi connectivity index (χ2n) is 4.94. The molecule has 0 saturated carbocycles. The quantitative estimate of drug-likeness (QED) is 0.757. The fourth-order valence-corrected chi connectivity index (χ4v) is 2.56. The molecule has 0 aliphatic heterocycles. The molecule has 1 heterocycles. The molecular formula is C17H15ClN2O3. The lowest BCUT2D eigenvalue weighted by atomic mass is 10.2. The van der Waals surface area contributed by atoms with Gasteiger partial charge >= 0.3 is 0 Å². The van der Waals surface area contributed by atoms with Crippen LogP contribution in [0.5, 0.6) is 11.5 Å². The van der Waals surface area contributed by atoms with Gasteiger partial charge in [-0.15, -0.1) is 0 Å². The highest BCUT2D eigenvalue weighted by molar-refractivity contribution is 6.32. The molecule has 0 spiro atoms. The maximum absolute atomic E-state index is 12.4. The Morgan fingerprint density at radius 2 is 1.91 bits per heavy atom. The van der Waals surface area contributed by atoms with Crippen LogP contribution in [0.4, 0.5) is 5.69 Å². The summed E-state index contributed by atoms with van der Waals surface area (Å²) >= 11 is 6.06. The van der Waals surface area contributed by atoms with Gasteiger partial charge in [0, 0.05) is 16.6 Å². The van der Waals surface area contributed by atoms with Crippen molar-refractivity contribution >= 4 is 34.1 Å². The van der Waals surface area contributed by atoms with Crippen molar-refractivity contribution in [1.29, 1.82) is 0 Å². The summed E-state index contributed by atoms with van der Waals surface area (Å²) < 4.78 is 10.3. The standard InChI is InChI=1S/C17H15ClN2O3/c1-22-12-4-5-14-10(7-12)8-15(20-14)17(21)19-11-3-6-16(23-2)13(18)9-11/h3-9,20H,1-2H3,(H,19,21). The van der Waals surface area contributed by atoms with Gasteiger partial charge in [-0.05, 0) is 42.5 Å². The van der Waals surface area contributed by atoms with E-state index in [1.54, 1.807) is 31.4 Å². The first kappa shape index (κ1) is 15.2. The first-order chi connectivity index (χ1) is 11.1. The van der Waals surface area contributed by atoms with E-state index in [4.69, 9.17) is 21.1 Å². The fourth-order valence-electron chi connectivity index (χ4n) is 2.30. The Hall–Kier alpha value is -2.66. The number of amides is 1. The molecule has 0 aliphatic carbocycles. The number of ether oxygens (including phenoxy) is 2. The van der Waals surface area contributed by atoms with Gasteiger partial charge in [0.05, 0.1) is 19.2 Å². The highest BCUT2D eigenvalue weighted by atomic mass is 35.5. The normalized spacial score (nSPS) is 10.6. The van der Waals surface area contributed by atoms with Gasteiger partial charge in [0.1, 0.15) is 17.2 Å². The summed E-state index contributed by atoms with van der Waals surface area (Å²) in [5, 5.41) is 4.14. The maximum atomic E-state index is 12.4. The van der Waals surface area contributed by atoms with E-state index in [2.05, 4.69) is 10.3 Å². The maximum Gasteiger partial charge on any atom is 0.272 e. The number of fused-ring (bicyclic) bond motifs is 1. The fraction of sp³-hybridized carbons (Fsp3) is 0.118. The summed E-state index contributed by atoms with van der Waals surface area (Å²) in [4.78, 5) is 15.4. The summed E-state index contributed by atoms with van der Waals surface area (Å²) in [5.74, 6) is 1.05. The van der Waals surface area contributed by atoms with Gasteiger partial charge < -0.3 is 19.8 Å². The van der Waals surface area contributed by atoms with Crippen LogP contribution in [0.3, 0.4) is 0 Å². The van der Waals surface area contributed by atoms with Crippen molar-refractivity contribution in [3.05, 3.63) is 53.2 Å². The van der Waals surface area contributed by atoms with Crippen LogP contribution < -0.4 is 14.8 Å². The summed E-state index contributed by atoms with van der Waals surface area (Å²) in [5.41, 5.74) is 1.92. The van der Waals surface area contributed by atoms with Crippen LogP contribution in [-0.2, 0) is 0 Å². The molecule has 1 amide bonds. The number of methoxy groups -OCH3 is 2. The molecule has 0 fully saturated rings. The minimum Gasteiger partial charge on any atom is -0.497 e. The number of aromatic amines is 1. The number of hydrogen-bond donors (Lipinski definition) is 2. The molecule has 3 aromatic rings. The predicted octanol–water partition coefficient (Wildman–Crippen LogP) is 4.09. The van der Waals surface area contributed by atoms with Crippen LogP contribution >= 0.6 is 11.6 Å². The molecule has 5 nitrogen and oxygen atoms in total. The average Bonchev–Trinajstić information content (AvgIpc) is 2.98. The van der Waals surface area contributed by atoms with Crippen molar-refractivity contribution in [2.24, 2.45) is 0 Å².